The molecule has 0 aromatic rings. The van der Waals surface area contributed by atoms with Crippen LogP contribution in [0.5, 0.6) is 0 Å². The van der Waals surface area contributed by atoms with E-state index in [1.807, 2.05) is 13.8 Å². The molecule has 212 valence electrons. The molecule has 0 radical (unpaired) electrons. The maximum Gasteiger partial charge on any atom is 0.407 e. The monoisotopic (exact) mass is 581 g/mol. The third-order valence-electron chi connectivity index (χ3n) is 10.2. The van der Waals surface area contributed by atoms with E-state index in [9.17, 15) is 14.7 Å². The van der Waals surface area contributed by atoms with Crippen molar-refractivity contribution < 1.29 is 28.9 Å². The summed E-state index contributed by atoms with van der Waals surface area (Å²) in [6.07, 6.45) is 4.55. The number of carbonyl (C=O) groups is 2. The number of amides is 1. The number of alkyl halides is 3. The van der Waals surface area contributed by atoms with Crippen LogP contribution in [0.15, 0.2) is 0 Å². The predicted molar refractivity (Wildman–Crippen MR) is 143 cm³/mol. The first-order chi connectivity index (χ1) is 17.3. The molecule has 0 aromatic carbocycles. The Morgan fingerprint density at radius 3 is 2.38 bits per heavy atom. The molecule has 1 amide bonds. The molecule has 5 unspecified atom stereocenters. The molecule has 4 rings (SSSR count). The second-order valence-electron chi connectivity index (χ2n) is 12.1. The molecular formula is C27H42Cl3NO6. The van der Waals surface area contributed by atoms with Crippen molar-refractivity contribution >= 4 is 46.9 Å². The van der Waals surface area contributed by atoms with Crippen molar-refractivity contribution in [2.45, 2.75) is 94.7 Å². The minimum absolute atomic E-state index is 0.138. The lowest BCUT2D eigenvalue weighted by Gasteiger charge is -2.63. The van der Waals surface area contributed by atoms with E-state index in [1.54, 1.807) is 0 Å². The summed E-state index contributed by atoms with van der Waals surface area (Å²) in [6, 6.07) is -0.227. The summed E-state index contributed by atoms with van der Waals surface area (Å²) in [7, 11) is 0. The zero-order valence-electron chi connectivity index (χ0n) is 22.3. The standard InChI is InChI=1S/C27H42Cl3NO6/c1-5-35-21-13-25(3)15(11-20(21)32)7-8-16-17-9-10-18(23(33)36-6-2)26(17,4)12-19(22(16)25)31-24(34)37-14-27(28,29)30/h15-22,32H,5-14H2,1-4H3,(H,31,34)/t15?,16-,17-,18?,19?,20?,21?,22-,25-,26-/m0/s1. The van der Waals surface area contributed by atoms with Crippen LogP contribution in [0.4, 0.5) is 4.79 Å². The fourth-order valence-corrected chi connectivity index (χ4v) is 9.10. The van der Waals surface area contributed by atoms with E-state index >= 15 is 0 Å². The number of fused-ring (bicyclic) bond motifs is 5. The molecule has 0 spiro atoms. The van der Waals surface area contributed by atoms with Gasteiger partial charge in [-0.1, -0.05) is 48.7 Å². The number of alkyl carbamates (subject to hydrolysis) is 1. The molecule has 4 aliphatic carbocycles. The summed E-state index contributed by atoms with van der Waals surface area (Å²) in [6.45, 7) is 8.85. The normalized spacial score (nSPS) is 43.2. The van der Waals surface area contributed by atoms with E-state index in [2.05, 4.69) is 19.2 Å². The van der Waals surface area contributed by atoms with Gasteiger partial charge in [-0.15, -0.1) is 0 Å². The molecule has 7 nitrogen and oxygen atoms in total. The largest absolute Gasteiger partial charge is 0.466 e. The number of nitrogens with one attached hydrogen (secondary N) is 1. The van der Waals surface area contributed by atoms with Crippen molar-refractivity contribution in [3.05, 3.63) is 0 Å². The lowest BCUT2D eigenvalue weighted by molar-refractivity contribution is -0.182. The fourth-order valence-electron chi connectivity index (χ4n) is 8.93. The van der Waals surface area contributed by atoms with Gasteiger partial charge in [0.25, 0.3) is 0 Å². The van der Waals surface area contributed by atoms with E-state index < -0.39 is 16.0 Å². The molecule has 0 bridgehead atoms. The number of carbonyl (C=O) groups excluding carboxylic acids is 2. The van der Waals surface area contributed by atoms with Crippen LogP contribution in [0.1, 0.15) is 72.6 Å². The lowest BCUT2D eigenvalue weighted by Crippen LogP contribution is -2.64. The van der Waals surface area contributed by atoms with Crippen LogP contribution in [0.25, 0.3) is 0 Å². The molecule has 37 heavy (non-hydrogen) atoms. The number of aliphatic hydroxyl groups excluding tert-OH is 1. The maximum absolute atomic E-state index is 13.0. The van der Waals surface area contributed by atoms with E-state index in [0.717, 1.165) is 32.1 Å². The third-order valence-corrected chi connectivity index (χ3v) is 10.6. The quantitative estimate of drug-likeness (QED) is 0.310. The van der Waals surface area contributed by atoms with Gasteiger partial charge in [-0.05, 0) is 93.3 Å². The molecule has 0 saturated heterocycles. The predicted octanol–water partition coefficient (Wildman–Crippen LogP) is 5.66. The number of ether oxygens (including phenoxy) is 3. The van der Waals surface area contributed by atoms with Crippen LogP contribution < -0.4 is 5.32 Å². The minimum Gasteiger partial charge on any atom is -0.466 e. The van der Waals surface area contributed by atoms with Crippen molar-refractivity contribution in [1.82, 2.24) is 5.32 Å². The molecular weight excluding hydrogens is 541 g/mol. The topological polar surface area (TPSA) is 94.1 Å². The van der Waals surface area contributed by atoms with Crippen LogP contribution in [0.3, 0.4) is 0 Å². The summed E-state index contributed by atoms with van der Waals surface area (Å²) < 4.78 is 15.1. The summed E-state index contributed by atoms with van der Waals surface area (Å²) in [4.78, 5) is 26.0. The molecule has 0 heterocycles. The van der Waals surface area contributed by atoms with Gasteiger partial charge in [-0.2, -0.15) is 0 Å². The highest BCUT2D eigenvalue weighted by Gasteiger charge is 2.65. The van der Waals surface area contributed by atoms with Crippen molar-refractivity contribution in [2.24, 2.45) is 40.4 Å². The summed E-state index contributed by atoms with van der Waals surface area (Å²) in [5, 5.41) is 14.0. The third kappa shape index (κ3) is 5.73. The Kier molecular flexibility index (Phi) is 8.92. The van der Waals surface area contributed by atoms with Crippen LogP contribution >= 0.6 is 34.8 Å². The van der Waals surface area contributed by atoms with Crippen molar-refractivity contribution in [3.8, 4) is 0 Å². The number of aliphatic hydroxyl groups is 1. The first kappa shape index (κ1) is 29.5. The Bertz CT molecular complexity index is 854. The molecule has 4 fully saturated rings. The van der Waals surface area contributed by atoms with Gasteiger partial charge >= 0.3 is 12.1 Å². The number of hydrogen-bond donors (Lipinski definition) is 2. The van der Waals surface area contributed by atoms with E-state index in [0.29, 0.717) is 43.8 Å². The van der Waals surface area contributed by atoms with Crippen LogP contribution in [-0.4, -0.2) is 59.0 Å². The second-order valence-corrected chi connectivity index (χ2v) is 14.6. The van der Waals surface area contributed by atoms with Crippen molar-refractivity contribution in [1.29, 1.82) is 0 Å². The fraction of sp³-hybridized carbons (Fsp3) is 0.926. The Balaban J connectivity index is 1.67. The summed E-state index contributed by atoms with van der Waals surface area (Å²) in [5.41, 5.74) is -0.435. The Morgan fingerprint density at radius 2 is 1.73 bits per heavy atom. The van der Waals surface area contributed by atoms with Gasteiger partial charge in [-0.25, -0.2) is 4.79 Å². The Morgan fingerprint density at radius 1 is 1.00 bits per heavy atom. The zero-order valence-corrected chi connectivity index (χ0v) is 24.6. The van der Waals surface area contributed by atoms with Crippen molar-refractivity contribution in [3.63, 3.8) is 0 Å². The molecule has 10 atom stereocenters. The van der Waals surface area contributed by atoms with Crippen LogP contribution in [0, 0.1) is 40.4 Å². The highest BCUT2D eigenvalue weighted by molar-refractivity contribution is 6.67. The van der Waals surface area contributed by atoms with Crippen LogP contribution in [-0.2, 0) is 19.0 Å². The van der Waals surface area contributed by atoms with Gasteiger partial charge in [0.2, 0.25) is 3.79 Å². The molecule has 0 aromatic heterocycles. The van der Waals surface area contributed by atoms with Crippen molar-refractivity contribution in [2.75, 3.05) is 19.8 Å². The van der Waals surface area contributed by atoms with Gasteiger partial charge in [0.05, 0.1) is 24.7 Å². The first-order valence-corrected chi connectivity index (χ1v) is 14.9. The summed E-state index contributed by atoms with van der Waals surface area (Å²) in [5.74, 6) is 0.831. The van der Waals surface area contributed by atoms with Gasteiger partial charge in [0, 0.05) is 12.6 Å². The van der Waals surface area contributed by atoms with E-state index in [4.69, 9.17) is 49.0 Å². The van der Waals surface area contributed by atoms with Gasteiger partial charge in [-0.3, -0.25) is 4.79 Å². The lowest BCUT2D eigenvalue weighted by atomic mass is 9.43. The minimum atomic E-state index is -1.70. The van der Waals surface area contributed by atoms with Gasteiger partial charge in [0.15, 0.2) is 0 Å². The Hall–Kier alpha value is -0.470. The smallest absolute Gasteiger partial charge is 0.407 e. The first-order valence-electron chi connectivity index (χ1n) is 13.8. The van der Waals surface area contributed by atoms with E-state index in [1.165, 1.54) is 0 Å². The molecule has 10 heteroatoms. The maximum atomic E-state index is 13.0. The highest BCUT2D eigenvalue weighted by Crippen LogP contribution is 2.67. The highest BCUT2D eigenvalue weighted by atomic mass is 35.6. The van der Waals surface area contributed by atoms with Crippen LogP contribution in [0.2, 0.25) is 0 Å². The van der Waals surface area contributed by atoms with Gasteiger partial charge < -0.3 is 24.6 Å². The van der Waals surface area contributed by atoms with E-state index in [-0.39, 0.29) is 47.4 Å². The molecule has 2 N–H and O–H groups in total. The zero-order chi connectivity index (χ0) is 27.2. The Labute approximate surface area is 235 Å². The second kappa shape index (κ2) is 11.2. The average molecular weight is 583 g/mol. The number of esters is 1. The summed E-state index contributed by atoms with van der Waals surface area (Å²) >= 11 is 17.5. The molecule has 0 aliphatic heterocycles. The number of halogens is 3. The van der Waals surface area contributed by atoms with Gasteiger partial charge in [0.1, 0.15) is 6.61 Å². The molecule has 4 saturated carbocycles. The molecule has 4 aliphatic rings. The number of rotatable bonds is 6. The average Bonchev–Trinajstić information content (AvgIpc) is 3.15. The SMILES string of the molecule is CCOC(=O)C1CC[C@H]2[C@@H]3CCC4CC(O)C(OCC)C[C@]4(C)[C@@H]3C(NC(=O)OCC(Cl)(Cl)Cl)C[C@]12C. The number of hydrogen-bond acceptors (Lipinski definition) is 6.